The van der Waals surface area contributed by atoms with Gasteiger partial charge in [-0.15, -0.1) is 0 Å². The van der Waals surface area contributed by atoms with Crippen LogP contribution in [0.3, 0.4) is 0 Å². The molecule has 0 unspecified atom stereocenters. The average Bonchev–Trinajstić information content (AvgIpc) is 2.38. The van der Waals surface area contributed by atoms with E-state index in [9.17, 15) is 0 Å². The Labute approximate surface area is 116 Å². The zero-order valence-corrected chi connectivity index (χ0v) is 11.9. The summed E-state index contributed by atoms with van der Waals surface area (Å²) in [5.74, 6) is 0. The average molecular weight is 337 g/mol. The quantitative estimate of drug-likeness (QED) is 0.649. The Morgan fingerprint density at radius 3 is 2.24 bits per heavy atom. The van der Waals surface area contributed by atoms with E-state index in [0.717, 1.165) is 19.5 Å². The second-order valence-corrected chi connectivity index (χ2v) is 5.28. The minimum atomic E-state index is 0.948. The lowest BCUT2D eigenvalue weighted by Gasteiger charge is -2.05. The summed E-state index contributed by atoms with van der Waals surface area (Å²) in [6.07, 6.45) is 1.09. The van der Waals surface area contributed by atoms with Gasteiger partial charge in [0.25, 0.3) is 0 Å². The highest BCUT2D eigenvalue weighted by atomic mass is 127. The third kappa shape index (κ3) is 4.48. The van der Waals surface area contributed by atoms with Gasteiger partial charge in [0.15, 0.2) is 0 Å². The van der Waals surface area contributed by atoms with Crippen molar-refractivity contribution in [3.05, 3.63) is 69.3 Å². The summed E-state index contributed by atoms with van der Waals surface area (Å²) in [4.78, 5) is 0. The molecule has 1 N–H and O–H groups in total. The zero-order valence-electron chi connectivity index (χ0n) is 9.70. The van der Waals surface area contributed by atoms with Crippen LogP contribution in [0.25, 0.3) is 0 Å². The molecule has 0 aromatic heterocycles. The van der Waals surface area contributed by atoms with E-state index in [4.69, 9.17) is 0 Å². The van der Waals surface area contributed by atoms with Gasteiger partial charge in [-0.2, -0.15) is 0 Å². The summed E-state index contributed by atoms with van der Waals surface area (Å²) >= 11 is 2.33. The van der Waals surface area contributed by atoms with Crippen molar-refractivity contribution in [3.8, 4) is 0 Å². The van der Waals surface area contributed by atoms with Gasteiger partial charge in [0.1, 0.15) is 0 Å². The maximum Gasteiger partial charge on any atom is 0.0205 e. The fourth-order valence-corrected chi connectivity index (χ4v) is 2.07. The molecule has 88 valence electrons. The number of benzene rings is 2. The molecule has 0 atom stereocenters. The standard InChI is InChI=1S/C15H16IN/c16-15-8-6-14(7-9-15)12-17-11-10-13-4-2-1-3-5-13/h1-9,17H,10-12H2. The molecular weight excluding hydrogens is 321 g/mol. The summed E-state index contributed by atoms with van der Waals surface area (Å²) in [7, 11) is 0. The fraction of sp³-hybridized carbons (Fsp3) is 0.200. The molecule has 0 aliphatic heterocycles. The third-order valence-corrected chi connectivity index (χ3v) is 3.39. The Kier molecular flexibility index (Phi) is 5.01. The van der Waals surface area contributed by atoms with Crippen LogP contribution in [0.4, 0.5) is 0 Å². The molecule has 0 fully saturated rings. The number of nitrogens with one attached hydrogen (secondary N) is 1. The first-order chi connectivity index (χ1) is 8.34. The number of hydrogen-bond donors (Lipinski definition) is 1. The largest absolute Gasteiger partial charge is 0.312 e. The fourth-order valence-electron chi connectivity index (χ4n) is 1.71. The van der Waals surface area contributed by atoms with Gasteiger partial charge < -0.3 is 5.32 Å². The topological polar surface area (TPSA) is 12.0 Å². The Balaban J connectivity index is 1.71. The molecule has 2 aromatic carbocycles. The van der Waals surface area contributed by atoms with Crippen molar-refractivity contribution in [3.63, 3.8) is 0 Å². The first-order valence-electron chi connectivity index (χ1n) is 5.84. The van der Waals surface area contributed by atoms with Crippen LogP contribution in [-0.2, 0) is 13.0 Å². The second kappa shape index (κ2) is 6.77. The summed E-state index contributed by atoms with van der Waals surface area (Å²) in [5.41, 5.74) is 2.74. The molecule has 0 heterocycles. The Morgan fingerprint density at radius 1 is 0.824 bits per heavy atom. The first kappa shape index (κ1) is 12.6. The summed E-state index contributed by atoms with van der Waals surface area (Å²) in [6.45, 7) is 1.97. The van der Waals surface area contributed by atoms with Gasteiger partial charge in [-0.05, 0) is 58.8 Å². The van der Waals surface area contributed by atoms with E-state index in [2.05, 4.69) is 82.5 Å². The van der Waals surface area contributed by atoms with E-state index in [1.54, 1.807) is 0 Å². The lowest BCUT2D eigenvalue weighted by molar-refractivity contribution is 0.687. The van der Waals surface area contributed by atoms with Crippen LogP contribution in [0.2, 0.25) is 0 Å². The van der Waals surface area contributed by atoms with E-state index in [-0.39, 0.29) is 0 Å². The summed E-state index contributed by atoms with van der Waals surface area (Å²) in [5, 5.41) is 3.47. The molecule has 0 aliphatic carbocycles. The van der Waals surface area contributed by atoms with Gasteiger partial charge >= 0.3 is 0 Å². The van der Waals surface area contributed by atoms with Crippen LogP contribution in [0.1, 0.15) is 11.1 Å². The van der Waals surface area contributed by atoms with E-state index < -0.39 is 0 Å². The number of hydrogen-bond acceptors (Lipinski definition) is 1. The van der Waals surface area contributed by atoms with Gasteiger partial charge in [0, 0.05) is 10.1 Å². The second-order valence-electron chi connectivity index (χ2n) is 4.04. The molecule has 0 radical (unpaired) electrons. The van der Waals surface area contributed by atoms with Crippen molar-refractivity contribution >= 4 is 22.6 Å². The van der Waals surface area contributed by atoms with Gasteiger partial charge in [-0.1, -0.05) is 42.5 Å². The van der Waals surface area contributed by atoms with Crippen LogP contribution in [0, 0.1) is 3.57 Å². The SMILES string of the molecule is Ic1ccc(CNCCc2ccccc2)cc1. The predicted molar refractivity (Wildman–Crippen MR) is 81.0 cm³/mol. The van der Waals surface area contributed by atoms with Gasteiger partial charge in [0.05, 0.1) is 0 Å². The summed E-state index contributed by atoms with van der Waals surface area (Å²) < 4.78 is 1.29. The molecule has 17 heavy (non-hydrogen) atoms. The van der Waals surface area contributed by atoms with Crippen LogP contribution >= 0.6 is 22.6 Å². The normalized spacial score (nSPS) is 10.4. The van der Waals surface area contributed by atoms with Gasteiger partial charge in [-0.25, -0.2) is 0 Å². The van der Waals surface area contributed by atoms with Crippen LogP contribution in [0.15, 0.2) is 54.6 Å². The number of halogens is 1. The monoisotopic (exact) mass is 337 g/mol. The van der Waals surface area contributed by atoms with E-state index in [1.165, 1.54) is 14.7 Å². The van der Waals surface area contributed by atoms with Crippen LogP contribution in [0.5, 0.6) is 0 Å². The molecular formula is C15H16IN. The molecule has 2 rings (SSSR count). The van der Waals surface area contributed by atoms with E-state index in [0.29, 0.717) is 0 Å². The highest BCUT2D eigenvalue weighted by molar-refractivity contribution is 14.1. The van der Waals surface area contributed by atoms with Gasteiger partial charge in [-0.3, -0.25) is 0 Å². The smallest absolute Gasteiger partial charge is 0.0205 e. The van der Waals surface area contributed by atoms with Gasteiger partial charge in [0.2, 0.25) is 0 Å². The Morgan fingerprint density at radius 2 is 1.53 bits per heavy atom. The molecule has 1 nitrogen and oxygen atoms in total. The van der Waals surface area contributed by atoms with E-state index >= 15 is 0 Å². The Hall–Kier alpha value is -0.870. The minimum absolute atomic E-state index is 0.948. The molecule has 0 saturated carbocycles. The maximum absolute atomic E-state index is 3.47. The molecule has 0 bridgehead atoms. The molecule has 0 saturated heterocycles. The van der Waals surface area contributed by atoms with Crippen molar-refractivity contribution in [2.75, 3.05) is 6.54 Å². The van der Waals surface area contributed by atoms with Crippen molar-refractivity contribution in [2.24, 2.45) is 0 Å². The first-order valence-corrected chi connectivity index (χ1v) is 6.91. The molecule has 0 aliphatic rings. The van der Waals surface area contributed by atoms with E-state index in [1.807, 2.05) is 0 Å². The highest BCUT2D eigenvalue weighted by Gasteiger charge is 1.94. The maximum atomic E-state index is 3.47. The van der Waals surface area contributed by atoms with Crippen molar-refractivity contribution < 1.29 is 0 Å². The van der Waals surface area contributed by atoms with Crippen LogP contribution in [-0.4, -0.2) is 6.54 Å². The third-order valence-electron chi connectivity index (χ3n) is 2.68. The van der Waals surface area contributed by atoms with Crippen molar-refractivity contribution in [1.82, 2.24) is 5.32 Å². The van der Waals surface area contributed by atoms with Crippen molar-refractivity contribution in [1.29, 1.82) is 0 Å². The van der Waals surface area contributed by atoms with Crippen molar-refractivity contribution in [2.45, 2.75) is 13.0 Å². The zero-order chi connectivity index (χ0) is 11.9. The Bertz CT molecular complexity index is 436. The molecule has 2 heteroatoms. The predicted octanol–water partition coefficient (Wildman–Crippen LogP) is 3.62. The highest BCUT2D eigenvalue weighted by Crippen LogP contribution is 2.06. The minimum Gasteiger partial charge on any atom is -0.312 e. The molecule has 2 aromatic rings. The molecule has 0 spiro atoms. The lowest BCUT2D eigenvalue weighted by Crippen LogP contribution is -2.16. The van der Waals surface area contributed by atoms with Crippen LogP contribution < -0.4 is 5.32 Å². The lowest BCUT2D eigenvalue weighted by atomic mass is 10.1. The molecule has 0 amide bonds. The number of rotatable bonds is 5. The summed E-state index contributed by atoms with van der Waals surface area (Å²) in [6, 6.07) is 19.2.